The molecule has 0 heterocycles. The monoisotopic (exact) mass is 264 g/mol. The van der Waals surface area contributed by atoms with Crippen molar-refractivity contribution in [1.82, 2.24) is 0 Å². The molecule has 1 aromatic carbocycles. The van der Waals surface area contributed by atoms with Gasteiger partial charge in [0.15, 0.2) is 0 Å². The minimum atomic E-state index is -0.839. The van der Waals surface area contributed by atoms with E-state index in [1.165, 1.54) is 0 Å². The Morgan fingerprint density at radius 2 is 1.89 bits per heavy atom. The minimum absolute atomic E-state index is 0.0892. The van der Waals surface area contributed by atoms with Gasteiger partial charge in [-0.05, 0) is 38.3 Å². The number of phenols is 1. The highest BCUT2D eigenvalue weighted by atomic mass is 16.3. The molecule has 106 valence electrons. The highest BCUT2D eigenvalue weighted by Gasteiger charge is 2.34. The van der Waals surface area contributed by atoms with Gasteiger partial charge in [-0.25, -0.2) is 0 Å². The van der Waals surface area contributed by atoms with Crippen LogP contribution >= 0.6 is 0 Å². The van der Waals surface area contributed by atoms with Gasteiger partial charge in [-0.1, -0.05) is 19.9 Å². The zero-order valence-electron chi connectivity index (χ0n) is 12.2. The van der Waals surface area contributed by atoms with Gasteiger partial charge in [0.05, 0.1) is 11.2 Å². The van der Waals surface area contributed by atoms with E-state index >= 15 is 0 Å². The van der Waals surface area contributed by atoms with Gasteiger partial charge >= 0.3 is 0 Å². The highest BCUT2D eigenvalue weighted by Crippen LogP contribution is 2.27. The molecule has 0 saturated heterocycles. The molecule has 0 atom stereocenters. The molecule has 1 amide bonds. The van der Waals surface area contributed by atoms with Crippen LogP contribution < -0.4 is 10.6 Å². The van der Waals surface area contributed by atoms with Gasteiger partial charge in [0, 0.05) is 12.6 Å². The Labute approximate surface area is 115 Å². The second-order valence-corrected chi connectivity index (χ2v) is 4.88. The first-order valence-corrected chi connectivity index (χ1v) is 6.80. The molecule has 0 unspecified atom stereocenters. The van der Waals surface area contributed by atoms with Crippen molar-refractivity contribution in [2.45, 2.75) is 46.1 Å². The van der Waals surface area contributed by atoms with Crippen LogP contribution in [0.25, 0.3) is 0 Å². The summed E-state index contributed by atoms with van der Waals surface area (Å²) in [6.07, 6.45) is 1.19. The average Bonchev–Trinajstić information content (AvgIpc) is 2.42. The molecule has 0 fully saturated rings. The normalized spacial score (nSPS) is 11.4. The summed E-state index contributed by atoms with van der Waals surface area (Å²) >= 11 is 0. The van der Waals surface area contributed by atoms with Crippen LogP contribution in [0.5, 0.6) is 5.75 Å². The maximum absolute atomic E-state index is 12.6. The maximum Gasteiger partial charge on any atom is 0.247 e. The molecule has 19 heavy (non-hydrogen) atoms. The number of amides is 1. The number of carbonyl (C=O) groups excluding carboxylic acids is 1. The van der Waals surface area contributed by atoms with Crippen LogP contribution in [-0.4, -0.2) is 23.1 Å². The number of rotatable bonds is 5. The first kappa shape index (κ1) is 15.5. The number of benzene rings is 1. The van der Waals surface area contributed by atoms with Crippen LogP contribution in [0, 0.1) is 6.92 Å². The van der Waals surface area contributed by atoms with E-state index < -0.39 is 5.54 Å². The van der Waals surface area contributed by atoms with Gasteiger partial charge in [-0.3, -0.25) is 4.79 Å². The molecular weight excluding hydrogens is 240 g/mol. The largest absolute Gasteiger partial charge is 0.508 e. The first-order valence-electron chi connectivity index (χ1n) is 6.80. The number of carbonyl (C=O) groups is 1. The van der Waals surface area contributed by atoms with E-state index in [1.54, 1.807) is 23.1 Å². The van der Waals surface area contributed by atoms with Crippen LogP contribution in [0.3, 0.4) is 0 Å². The zero-order valence-corrected chi connectivity index (χ0v) is 12.2. The lowest BCUT2D eigenvalue weighted by molar-refractivity contribution is -0.123. The molecule has 4 heteroatoms. The van der Waals surface area contributed by atoms with Crippen molar-refractivity contribution < 1.29 is 9.90 Å². The molecule has 1 aromatic rings. The standard InChI is InChI=1S/C15H24N2O2/c1-5-15(16,6-2)14(19)17(7-3)13-10-12(18)9-8-11(13)4/h8-10,18H,5-7,16H2,1-4H3. The van der Waals surface area contributed by atoms with Crippen molar-refractivity contribution >= 4 is 11.6 Å². The van der Waals surface area contributed by atoms with E-state index in [4.69, 9.17) is 5.73 Å². The fourth-order valence-electron chi connectivity index (χ4n) is 2.13. The van der Waals surface area contributed by atoms with E-state index in [2.05, 4.69) is 0 Å². The predicted octanol–water partition coefficient (Wildman–Crippen LogP) is 2.57. The molecule has 0 aromatic heterocycles. The Balaban J connectivity index is 3.20. The molecule has 4 nitrogen and oxygen atoms in total. The van der Waals surface area contributed by atoms with Crippen LogP contribution in [0.2, 0.25) is 0 Å². The predicted molar refractivity (Wildman–Crippen MR) is 78.4 cm³/mol. The van der Waals surface area contributed by atoms with E-state index in [0.29, 0.717) is 19.4 Å². The number of anilines is 1. The highest BCUT2D eigenvalue weighted by molar-refractivity contribution is 6.00. The lowest BCUT2D eigenvalue weighted by atomic mass is 9.92. The Kier molecular flexibility index (Phi) is 4.95. The summed E-state index contributed by atoms with van der Waals surface area (Å²) < 4.78 is 0. The van der Waals surface area contributed by atoms with E-state index in [1.807, 2.05) is 27.7 Å². The zero-order chi connectivity index (χ0) is 14.6. The quantitative estimate of drug-likeness (QED) is 0.859. The number of aromatic hydroxyl groups is 1. The second-order valence-electron chi connectivity index (χ2n) is 4.88. The van der Waals surface area contributed by atoms with Crippen LogP contribution in [-0.2, 0) is 4.79 Å². The van der Waals surface area contributed by atoms with Gasteiger partial charge < -0.3 is 15.7 Å². The average molecular weight is 264 g/mol. The summed E-state index contributed by atoms with van der Waals surface area (Å²) in [5.74, 6) is 0.0659. The fourth-order valence-corrected chi connectivity index (χ4v) is 2.13. The van der Waals surface area contributed by atoms with E-state index in [9.17, 15) is 9.90 Å². The van der Waals surface area contributed by atoms with Crippen molar-refractivity contribution in [1.29, 1.82) is 0 Å². The summed E-state index contributed by atoms with van der Waals surface area (Å²) in [7, 11) is 0. The number of hydrogen-bond acceptors (Lipinski definition) is 3. The van der Waals surface area contributed by atoms with Crippen molar-refractivity contribution in [3.05, 3.63) is 23.8 Å². The van der Waals surface area contributed by atoms with E-state index in [-0.39, 0.29) is 11.7 Å². The number of likely N-dealkylation sites (N-methyl/N-ethyl adjacent to an activating group) is 1. The topological polar surface area (TPSA) is 66.6 Å². The third kappa shape index (κ3) is 3.07. The molecular formula is C15H24N2O2. The Hall–Kier alpha value is -1.55. The molecule has 0 aliphatic carbocycles. The minimum Gasteiger partial charge on any atom is -0.508 e. The van der Waals surface area contributed by atoms with Gasteiger partial charge in [0.1, 0.15) is 5.75 Å². The molecule has 0 aliphatic heterocycles. The number of aryl methyl sites for hydroxylation is 1. The lowest BCUT2D eigenvalue weighted by Gasteiger charge is -2.33. The summed E-state index contributed by atoms with van der Waals surface area (Å²) in [4.78, 5) is 14.3. The molecule has 0 bridgehead atoms. The number of nitrogens with zero attached hydrogens (tertiary/aromatic N) is 1. The van der Waals surface area contributed by atoms with Crippen molar-refractivity contribution in [3.63, 3.8) is 0 Å². The third-order valence-electron chi connectivity index (χ3n) is 3.73. The van der Waals surface area contributed by atoms with Gasteiger partial charge in [0.2, 0.25) is 5.91 Å². The van der Waals surface area contributed by atoms with Crippen LogP contribution in [0.1, 0.15) is 39.2 Å². The van der Waals surface area contributed by atoms with Crippen LogP contribution in [0.4, 0.5) is 5.69 Å². The number of phenolic OH excluding ortho intramolecular Hbond substituents is 1. The number of nitrogens with two attached hydrogens (primary N) is 1. The third-order valence-corrected chi connectivity index (χ3v) is 3.73. The van der Waals surface area contributed by atoms with E-state index in [0.717, 1.165) is 11.3 Å². The fraction of sp³-hybridized carbons (Fsp3) is 0.533. The molecule has 0 aliphatic rings. The second kappa shape index (κ2) is 6.06. The molecule has 0 radical (unpaired) electrons. The van der Waals surface area contributed by atoms with Gasteiger partial charge in [-0.2, -0.15) is 0 Å². The molecule has 1 rings (SSSR count). The first-order chi connectivity index (χ1) is 8.89. The van der Waals surface area contributed by atoms with Crippen molar-refractivity contribution in [3.8, 4) is 5.75 Å². The van der Waals surface area contributed by atoms with Crippen molar-refractivity contribution in [2.24, 2.45) is 5.73 Å². The van der Waals surface area contributed by atoms with Crippen molar-refractivity contribution in [2.75, 3.05) is 11.4 Å². The van der Waals surface area contributed by atoms with Crippen LogP contribution in [0.15, 0.2) is 18.2 Å². The maximum atomic E-state index is 12.6. The Morgan fingerprint density at radius 3 is 2.37 bits per heavy atom. The summed E-state index contributed by atoms with van der Waals surface area (Å²) in [5, 5.41) is 9.61. The lowest BCUT2D eigenvalue weighted by Crippen LogP contribution is -2.55. The molecule has 3 N–H and O–H groups in total. The summed E-state index contributed by atoms with van der Waals surface area (Å²) in [6.45, 7) is 8.20. The number of hydrogen-bond donors (Lipinski definition) is 2. The molecule has 0 spiro atoms. The smallest absolute Gasteiger partial charge is 0.247 e. The SMILES string of the molecule is CCN(C(=O)C(N)(CC)CC)c1cc(O)ccc1C. The Morgan fingerprint density at radius 1 is 1.32 bits per heavy atom. The summed E-state index contributed by atoms with van der Waals surface area (Å²) in [5.41, 5.74) is 7.02. The molecule has 0 saturated carbocycles. The Bertz CT molecular complexity index is 453. The summed E-state index contributed by atoms with van der Waals surface area (Å²) in [6, 6.07) is 5.03. The van der Waals surface area contributed by atoms with Gasteiger partial charge in [0.25, 0.3) is 0 Å². The van der Waals surface area contributed by atoms with Gasteiger partial charge in [-0.15, -0.1) is 0 Å².